The topological polar surface area (TPSA) is 67.6 Å². The number of nitrogens with one attached hydrogen (secondary N) is 1. The van der Waals surface area contributed by atoms with Gasteiger partial charge in [-0.2, -0.15) is 5.10 Å². The highest BCUT2D eigenvalue weighted by molar-refractivity contribution is 5.81. The smallest absolute Gasteiger partial charge is 0.143 e. The third kappa shape index (κ3) is 1.60. The number of hydrogen-bond acceptors (Lipinski definition) is 4. The Bertz CT molecular complexity index is 650. The van der Waals surface area contributed by atoms with E-state index < -0.39 is 0 Å². The molecule has 0 aliphatic rings. The van der Waals surface area contributed by atoms with E-state index in [9.17, 15) is 0 Å². The first-order chi connectivity index (χ1) is 8.77. The lowest BCUT2D eigenvalue weighted by Crippen LogP contribution is -1.86. The summed E-state index contributed by atoms with van der Waals surface area (Å²) in [7, 11) is 0. The van der Waals surface area contributed by atoms with Crippen molar-refractivity contribution in [1.29, 1.82) is 0 Å². The molecule has 0 saturated heterocycles. The van der Waals surface area contributed by atoms with Gasteiger partial charge in [0.15, 0.2) is 0 Å². The Labute approximate surface area is 104 Å². The maximum Gasteiger partial charge on any atom is 0.143 e. The molecule has 0 aromatic carbocycles. The summed E-state index contributed by atoms with van der Waals surface area (Å²) in [5.41, 5.74) is 4.84. The first-order valence-electron chi connectivity index (χ1n) is 5.64. The number of H-pyrrole nitrogens is 1. The monoisotopic (exact) mass is 240 g/mol. The largest absolute Gasteiger partial charge is 0.361 e. The van der Waals surface area contributed by atoms with E-state index >= 15 is 0 Å². The fourth-order valence-electron chi connectivity index (χ4n) is 2.07. The molecular formula is C13H12N4O. The zero-order valence-corrected chi connectivity index (χ0v) is 10.1. The van der Waals surface area contributed by atoms with Gasteiger partial charge in [0.25, 0.3) is 0 Å². The van der Waals surface area contributed by atoms with Crippen LogP contribution in [0.3, 0.4) is 0 Å². The minimum Gasteiger partial charge on any atom is -0.361 e. The predicted octanol–water partition coefficient (Wildman–Crippen LogP) is 2.74. The van der Waals surface area contributed by atoms with Crippen molar-refractivity contribution in [3.63, 3.8) is 0 Å². The van der Waals surface area contributed by atoms with Crippen LogP contribution in [0.4, 0.5) is 0 Å². The SMILES string of the molecule is Cc1noc(C)c1-c1[nH]ncc1-c1ccncc1. The Morgan fingerprint density at radius 1 is 1.17 bits per heavy atom. The number of aromatic amines is 1. The fourth-order valence-corrected chi connectivity index (χ4v) is 2.07. The fraction of sp³-hybridized carbons (Fsp3) is 0.154. The molecule has 3 aromatic rings. The van der Waals surface area contributed by atoms with E-state index in [4.69, 9.17) is 4.52 Å². The van der Waals surface area contributed by atoms with Gasteiger partial charge in [-0.3, -0.25) is 10.1 Å². The Balaban J connectivity index is 2.19. The third-order valence-corrected chi connectivity index (χ3v) is 2.91. The molecule has 3 aromatic heterocycles. The molecule has 0 saturated carbocycles. The standard InChI is InChI=1S/C13H12N4O/c1-8-12(9(2)18-17-8)13-11(7-15-16-13)10-3-5-14-6-4-10/h3-7H,1-2H3,(H,15,16). The average molecular weight is 240 g/mol. The van der Waals surface area contributed by atoms with Crippen molar-refractivity contribution in [2.45, 2.75) is 13.8 Å². The van der Waals surface area contributed by atoms with Crippen LogP contribution in [0, 0.1) is 13.8 Å². The average Bonchev–Trinajstić information content (AvgIpc) is 2.97. The molecule has 0 amide bonds. The zero-order chi connectivity index (χ0) is 12.5. The van der Waals surface area contributed by atoms with Crippen LogP contribution in [-0.2, 0) is 0 Å². The summed E-state index contributed by atoms with van der Waals surface area (Å²) in [5, 5.41) is 11.1. The zero-order valence-electron chi connectivity index (χ0n) is 10.1. The number of nitrogens with zero attached hydrogens (tertiary/aromatic N) is 3. The summed E-state index contributed by atoms with van der Waals surface area (Å²) in [6.45, 7) is 3.81. The van der Waals surface area contributed by atoms with Gasteiger partial charge in [0.05, 0.1) is 23.1 Å². The van der Waals surface area contributed by atoms with Gasteiger partial charge in [0.2, 0.25) is 0 Å². The van der Waals surface area contributed by atoms with E-state index in [1.165, 1.54) is 0 Å². The third-order valence-electron chi connectivity index (χ3n) is 2.91. The molecule has 5 nitrogen and oxygen atoms in total. The molecule has 0 bridgehead atoms. The molecule has 0 unspecified atom stereocenters. The molecule has 0 radical (unpaired) electrons. The van der Waals surface area contributed by atoms with Crippen molar-refractivity contribution < 1.29 is 4.52 Å². The number of aromatic nitrogens is 4. The predicted molar refractivity (Wildman–Crippen MR) is 66.8 cm³/mol. The van der Waals surface area contributed by atoms with Crippen LogP contribution in [0.1, 0.15) is 11.5 Å². The Kier molecular flexibility index (Phi) is 2.44. The van der Waals surface area contributed by atoms with E-state index in [0.717, 1.165) is 33.8 Å². The minimum absolute atomic E-state index is 0.784. The van der Waals surface area contributed by atoms with Gasteiger partial charge >= 0.3 is 0 Å². The number of hydrogen-bond donors (Lipinski definition) is 1. The molecule has 0 aliphatic heterocycles. The van der Waals surface area contributed by atoms with Crippen LogP contribution >= 0.6 is 0 Å². The second kappa shape index (κ2) is 4.10. The number of rotatable bonds is 2. The molecule has 1 N–H and O–H groups in total. The van der Waals surface area contributed by atoms with E-state index in [1.54, 1.807) is 18.6 Å². The van der Waals surface area contributed by atoms with Gasteiger partial charge in [-0.1, -0.05) is 5.16 Å². The molecule has 90 valence electrons. The lowest BCUT2D eigenvalue weighted by atomic mass is 10.0. The van der Waals surface area contributed by atoms with E-state index in [0.29, 0.717) is 0 Å². The summed E-state index contributed by atoms with van der Waals surface area (Å²) < 4.78 is 5.20. The van der Waals surface area contributed by atoms with E-state index in [-0.39, 0.29) is 0 Å². The molecule has 18 heavy (non-hydrogen) atoms. The lowest BCUT2D eigenvalue weighted by molar-refractivity contribution is 0.393. The van der Waals surface area contributed by atoms with Crippen LogP contribution in [0.25, 0.3) is 22.4 Å². The van der Waals surface area contributed by atoms with Crippen molar-refractivity contribution >= 4 is 0 Å². The van der Waals surface area contributed by atoms with Crippen LogP contribution < -0.4 is 0 Å². The highest BCUT2D eigenvalue weighted by Gasteiger charge is 2.17. The highest BCUT2D eigenvalue weighted by Crippen LogP contribution is 2.33. The van der Waals surface area contributed by atoms with Crippen LogP contribution in [-0.4, -0.2) is 20.3 Å². The summed E-state index contributed by atoms with van der Waals surface area (Å²) in [5.74, 6) is 0.784. The van der Waals surface area contributed by atoms with Gasteiger partial charge in [-0.25, -0.2) is 0 Å². The van der Waals surface area contributed by atoms with Crippen molar-refractivity contribution in [1.82, 2.24) is 20.3 Å². The first kappa shape index (κ1) is 10.7. The minimum atomic E-state index is 0.784. The van der Waals surface area contributed by atoms with Gasteiger partial charge in [-0.05, 0) is 31.5 Å². The molecule has 0 fully saturated rings. The van der Waals surface area contributed by atoms with Crippen molar-refractivity contribution in [2.24, 2.45) is 0 Å². The second-order valence-electron chi connectivity index (χ2n) is 4.09. The van der Waals surface area contributed by atoms with Crippen molar-refractivity contribution in [3.8, 4) is 22.4 Å². The van der Waals surface area contributed by atoms with Gasteiger partial charge in [0.1, 0.15) is 5.76 Å². The molecular weight excluding hydrogens is 228 g/mol. The van der Waals surface area contributed by atoms with Crippen LogP contribution in [0.15, 0.2) is 35.2 Å². The summed E-state index contributed by atoms with van der Waals surface area (Å²) in [4.78, 5) is 4.02. The maximum absolute atomic E-state index is 5.20. The van der Waals surface area contributed by atoms with Crippen LogP contribution in [0.5, 0.6) is 0 Å². The van der Waals surface area contributed by atoms with Gasteiger partial charge in [0, 0.05) is 18.0 Å². The number of aryl methyl sites for hydroxylation is 2. The van der Waals surface area contributed by atoms with Crippen LogP contribution in [0.2, 0.25) is 0 Å². The summed E-state index contributed by atoms with van der Waals surface area (Å²) in [6, 6.07) is 3.90. The Hall–Kier alpha value is -2.43. The number of pyridine rings is 1. The molecule has 3 rings (SSSR count). The Morgan fingerprint density at radius 3 is 2.61 bits per heavy atom. The van der Waals surface area contributed by atoms with Crippen molar-refractivity contribution in [3.05, 3.63) is 42.2 Å². The van der Waals surface area contributed by atoms with E-state index in [2.05, 4.69) is 20.3 Å². The lowest BCUT2D eigenvalue weighted by Gasteiger charge is -2.02. The maximum atomic E-state index is 5.20. The normalized spacial score (nSPS) is 10.8. The molecule has 3 heterocycles. The highest BCUT2D eigenvalue weighted by atomic mass is 16.5. The van der Waals surface area contributed by atoms with E-state index in [1.807, 2.05) is 26.0 Å². The first-order valence-corrected chi connectivity index (χ1v) is 5.64. The molecule has 0 spiro atoms. The Morgan fingerprint density at radius 2 is 1.94 bits per heavy atom. The quantitative estimate of drug-likeness (QED) is 0.747. The van der Waals surface area contributed by atoms with Crippen molar-refractivity contribution in [2.75, 3.05) is 0 Å². The summed E-state index contributed by atoms with van der Waals surface area (Å²) >= 11 is 0. The second-order valence-corrected chi connectivity index (χ2v) is 4.09. The summed E-state index contributed by atoms with van der Waals surface area (Å²) in [6.07, 6.45) is 5.33. The van der Waals surface area contributed by atoms with Gasteiger partial charge in [-0.15, -0.1) is 0 Å². The molecule has 0 atom stereocenters. The molecule has 5 heteroatoms. The van der Waals surface area contributed by atoms with Gasteiger partial charge < -0.3 is 4.52 Å². The molecule has 0 aliphatic carbocycles.